The highest BCUT2D eigenvalue weighted by atomic mass is 32.2. The van der Waals surface area contributed by atoms with Crippen LogP contribution in [0.15, 0.2) is 91.0 Å². The summed E-state index contributed by atoms with van der Waals surface area (Å²) in [7, 11) is 0. The summed E-state index contributed by atoms with van der Waals surface area (Å²) in [6.07, 6.45) is 0.550. The first-order chi connectivity index (χ1) is 14.2. The van der Waals surface area contributed by atoms with Crippen molar-refractivity contribution in [3.05, 3.63) is 102 Å². The van der Waals surface area contributed by atoms with Gasteiger partial charge in [-0.25, -0.2) is 4.98 Å². The number of benzene rings is 3. The van der Waals surface area contributed by atoms with Crippen molar-refractivity contribution in [1.29, 1.82) is 0 Å². The lowest BCUT2D eigenvalue weighted by Crippen LogP contribution is -2.30. The number of hydrogen-bond acceptors (Lipinski definition) is 4. The van der Waals surface area contributed by atoms with Gasteiger partial charge in [-0.3, -0.25) is 4.79 Å². The molecule has 0 aliphatic rings. The molecule has 0 spiro atoms. The topological polar surface area (TPSA) is 56.0 Å². The first kappa shape index (κ1) is 19.4. The normalized spacial score (nSPS) is 12.0. The van der Waals surface area contributed by atoms with Gasteiger partial charge < -0.3 is 5.73 Å². The molecule has 4 rings (SSSR count). The second-order valence-corrected chi connectivity index (χ2v) is 7.94. The molecule has 1 heterocycles. The van der Waals surface area contributed by atoms with Crippen molar-refractivity contribution in [2.24, 2.45) is 5.73 Å². The predicted octanol–water partition coefficient (Wildman–Crippen LogP) is 5.23. The van der Waals surface area contributed by atoms with Gasteiger partial charge in [0, 0.05) is 16.7 Å². The van der Waals surface area contributed by atoms with Crippen molar-refractivity contribution in [3.8, 4) is 11.3 Å². The molecule has 3 aromatic carbocycles. The second kappa shape index (κ2) is 9.03. The number of nitrogens with zero attached hydrogens (tertiary/aromatic N) is 1. The average Bonchev–Trinajstić information content (AvgIpc) is 2.78. The Kier molecular flexibility index (Phi) is 6.03. The molecule has 1 atom stereocenters. The molecule has 4 heteroatoms. The third-order valence-corrected chi connectivity index (χ3v) is 5.86. The van der Waals surface area contributed by atoms with E-state index in [-0.39, 0.29) is 5.12 Å². The molecule has 3 nitrogen and oxygen atoms in total. The molecule has 0 amide bonds. The summed E-state index contributed by atoms with van der Waals surface area (Å²) < 4.78 is 0. The lowest BCUT2D eigenvalue weighted by Gasteiger charge is -2.13. The van der Waals surface area contributed by atoms with Crippen LogP contribution in [0.3, 0.4) is 0 Å². The van der Waals surface area contributed by atoms with Crippen molar-refractivity contribution in [3.63, 3.8) is 0 Å². The van der Waals surface area contributed by atoms with Crippen LogP contribution in [0, 0.1) is 0 Å². The second-order valence-electron chi connectivity index (χ2n) is 6.96. The molecule has 29 heavy (non-hydrogen) atoms. The first-order valence-corrected chi connectivity index (χ1v) is 10.6. The third-order valence-electron chi connectivity index (χ3n) is 4.82. The Bertz CT molecular complexity index is 1110. The van der Waals surface area contributed by atoms with Gasteiger partial charge in [-0.1, -0.05) is 90.6 Å². The van der Waals surface area contributed by atoms with Crippen LogP contribution in [0.5, 0.6) is 0 Å². The van der Waals surface area contributed by atoms with E-state index in [0.717, 1.165) is 33.3 Å². The number of nitrogens with two attached hydrogens (primary N) is 1. The Labute approximate surface area is 175 Å². The maximum absolute atomic E-state index is 12.6. The molecule has 144 valence electrons. The van der Waals surface area contributed by atoms with Gasteiger partial charge in [-0.2, -0.15) is 0 Å². The fraction of sp³-hybridized carbons (Fsp3) is 0.120. The number of hydrogen-bond donors (Lipinski definition) is 1. The lowest BCUT2D eigenvalue weighted by molar-refractivity contribution is -0.112. The van der Waals surface area contributed by atoms with Crippen LogP contribution < -0.4 is 5.73 Å². The maximum atomic E-state index is 12.6. The van der Waals surface area contributed by atoms with Crippen LogP contribution in [0.25, 0.3) is 22.2 Å². The molecule has 0 radical (unpaired) electrons. The summed E-state index contributed by atoms with van der Waals surface area (Å²) in [5.41, 5.74) is 11.2. The van der Waals surface area contributed by atoms with Gasteiger partial charge >= 0.3 is 0 Å². The molecule has 0 saturated heterocycles. The molecule has 0 unspecified atom stereocenters. The molecule has 0 fully saturated rings. The van der Waals surface area contributed by atoms with Gasteiger partial charge in [0.15, 0.2) is 0 Å². The number of carbonyl (C=O) groups excluding carboxylic acids is 1. The largest absolute Gasteiger partial charge is 0.320 e. The zero-order chi connectivity index (χ0) is 20.1. The fourth-order valence-electron chi connectivity index (χ4n) is 3.32. The van der Waals surface area contributed by atoms with Gasteiger partial charge in [-0.15, -0.1) is 0 Å². The average molecular weight is 399 g/mol. The fourth-order valence-corrected chi connectivity index (χ4v) is 4.14. The Hall–Kier alpha value is -2.95. The van der Waals surface area contributed by atoms with Crippen LogP contribution in [0.1, 0.15) is 11.1 Å². The highest BCUT2D eigenvalue weighted by Gasteiger charge is 2.17. The van der Waals surface area contributed by atoms with E-state index >= 15 is 0 Å². The Morgan fingerprint density at radius 3 is 2.31 bits per heavy atom. The zero-order valence-electron chi connectivity index (χ0n) is 16.0. The molecule has 2 N–H and O–H groups in total. The molecule has 0 bridgehead atoms. The van der Waals surface area contributed by atoms with E-state index in [1.807, 2.05) is 84.9 Å². The quantitative estimate of drug-likeness (QED) is 0.483. The van der Waals surface area contributed by atoms with Crippen LogP contribution >= 0.6 is 11.8 Å². The first-order valence-electron chi connectivity index (χ1n) is 9.61. The third kappa shape index (κ3) is 4.73. The van der Waals surface area contributed by atoms with E-state index in [2.05, 4.69) is 6.07 Å². The van der Waals surface area contributed by atoms with E-state index in [4.69, 9.17) is 10.7 Å². The van der Waals surface area contributed by atoms with Crippen molar-refractivity contribution < 1.29 is 4.79 Å². The summed E-state index contributed by atoms with van der Waals surface area (Å²) in [4.78, 5) is 17.5. The van der Waals surface area contributed by atoms with Gasteiger partial charge in [0.25, 0.3) is 0 Å². The van der Waals surface area contributed by atoms with Crippen molar-refractivity contribution in [1.82, 2.24) is 4.98 Å². The maximum Gasteiger partial charge on any atom is 0.206 e. The molecule has 1 aromatic heterocycles. The minimum Gasteiger partial charge on any atom is -0.320 e. The monoisotopic (exact) mass is 398 g/mol. The number of carbonyl (C=O) groups is 1. The summed E-state index contributed by atoms with van der Waals surface area (Å²) in [6, 6.07) is 29.7. The highest BCUT2D eigenvalue weighted by molar-refractivity contribution is 8.13. The number of para-hydroxylation sites is 1. The molecule has 4 aromatic rings. The number of rotatable bonds is 6. The van der Waals surface area contributed by atoms with Crippen molar-refractivity contribution in [2.75, 3.05) is 0 Å². The van der Waals surface area contributed by atoms with Gasteiger partial charge in [-0.05, 0) is 29.7 Å². The number of fused-ring (bicyclic) bond motifs is 1. The van der Waals surface area contributed by atoms with E-state index in [1.165, 1.54) is 11.8 Å². The highest BCUT2D eigenvalue weighted by Crippen LogP contribution is 2.29. The summed E-state index contributed by atoms with van der Waals surface area (Å²) in [5.74, 6) is 0.545. The Balaban J connectivity index is 1.56. The number of aromatic nitrogens is 1. The summed E-state index contributed by atoms with van der Waals surface area (Å²) in [6.45, 7) is 0. The zero-order valence-corrected chi connectivity index (χ0v) is 16.8. The minimum atomic E-state index is -0.518. The van der Waals surface area contributed by atoms with Crippen LogP contribution in [0.2, 0.25) is 0 Å². The van der Waals surface area contributed by atoms with Gasteiger partial charge in [0.1, 0.15) is 0 Å². The van der Waals surface area contributed by atoms with E-state index in [9.17, 15) is 4.79 Å². The van der Waals surface area contributed by atoms with E-state index in [0.29, 0.717) is 12.2 Å². The molecule has 0 aliphatic carbocycles. The van der Waals surface area contributed by atoms with Crippen molar-refractivity contribution >= 4 is 27.8 Å². The Morgan fingerprint density at radius 2 is 1.55 bits per heavy atom. The van der Waals surface area contributed by atoms with Gasteiger partial charge in [0.05, 0.1) is 17.3 Å². The van der Waals surface area contributed by atoms with E-state index in [1.54, 1.807) is 0 Å². The SMILES string of the molecule is N[C@H](Cc1ccccc1)C(=O)SCc1cc2ccccc2nc1-c1ccccc1. The molecular weight excluding hydrogens is 376 g/mol. The van der Waals surface area contributed by atoms with Crippen LogP contribution in [0.4, 0.5) is 0 Å². The molecule has 0 saturated carbocycles. The van der Waals surface area contributed by atoms with Crippen LogP contribution in [-0.4, -0.2) is 16.1 Å². The van der Waals surface area contributed by atoms with E-state index < -0.39 is 6.04 Å². The summed E-state index contributed by atoms with van der Waals surface area (Å²) >= 11 is 1.27. The standard InChI is InChI=1S/C25H22N2OS/c26-22(15-18-9-3-1-4-10-18)25(28)29-17-21-16-20-13-7-8-14-23(20)27-24(21)19-11-5-2-6-12-19/h1-14,16,22H,15,17,26H2/t22-/m1/s1. The summed E-state index contributed by atoms with van der Waals surface area (Å²) in [5, 5.41) is 1.07. The Morgan fingerprint density at radius 1 is 0.897 bits per heavy atom. The molecule has 0 aliphatic heterocycles. The van der Waals surface area contributed by atoms with Crippen LogP contribution in [-0.2, 0) is 17.0 Å². The molecular formula is C25H22N2OS. The smallest absolute Gasteiger partial charge is 0.206 e. The number of pyridine rings is 1. The van der Waals surface area contributed by atoms with Gasteiger partial charge in [0.2, 0.25) is 5.12 Å². The minimum absolute atomic E-state index is 0.000948. The van der Waals surface area contributed by atoms with Crippen molar-refractivity contribution in [2.45, 2.75) is 18.2 Å². The predicted molar refractivity (Wildman–Crippen MR) is 122 cm³/mol. The lowest BCUT2D eigenvalue weighted by atomic mass is 10.0. The number of thioether (sulfide) groups is 1.